The van der Waals surface area contributed by atoms with Gasteiger partial charge >= 0.3 is 5.97 Å². The van der Waals surface area contributed by atoms with Gasteiger partial charge in [0.1, 0.15) is 0 Å². The summed E-state index contributed by atoms with van der Waals surface area (Å²) in [6.07, 6.45) is 1.49. The van der Waals surface area contributed by atoms with Crippen LogP contribution >= 0.6 is 11.3 Å². The first-order chi connectivity index (χ1) is 9.45. The van der Waals surface area contributed by atoms with Crippen LogP contribution < -0.4 is 5.32 Å². The number of ketones is 1. The van der Waals surface area contributed by atoms with E-state index in [1.807, 2.05) is 0 Å². The van der Waals surface area contributed by atoms with Crippen molar-refractivity contribution in [3.8, 4) is 0 Å². The van der Waals surface area contributed by atoms with Crippen molar-refractivity contribution in [2.24, 2.45) is 0 Å². The number of nitrogens with one attached hydrogen (secondary N) is 1. The lowest BCUT2D eigenvalue weighted by Crippen LogP contribution is -2.43. The van der Waals surface area contributed by atoms with Crippen molar-refractivity contribution in [3.63, 3.8) is 0 Å². The maximum absolute atomic E-state index is 11.9. The van der Waals surface area contributed by atoms with Crippen LogP contribution in [0.2, 0.25) is 0 Å². The summed E-state index contributed by atoms with van der Waals surface area (Å²) in [5.74, 6) is -1.88. The molecule has 1 unspecified atom stereocenters. The molecule has 0 bridgehead atoms. The molecule has 1 rings (SSSR count). The molecule has 0 aliphatic rings. The van der Waals surface area contributed by atoms with Crippen molar-refractivity contribution >= 4 is 29.0 Å². The third kappa shape index (κ3) is 4.60. The molecule has 2 N–H and O–H groups in total. The molecule has 1 atom stereocenters. The fourth-order valence-electron chi connectivity index (χ4n) is 1.31. The van der Waals surface area contributed by atoms with Crippen LogP contribution in [0, 0.1) is 0 Å². The number of hydrogen-bond donors (Lipinski definition) is 2. The first-order valence-electron chi connectivity index (χ1n) is 5.77. The van der Waals surface area contributed by atoms with E-state index in [-0.39, 0.29) is 23.9 Å². The first kappa shape index (κ1) is 16.1. The normalized spacial score (nSPS) is 11.7. The Kier molecular flexibility index (Phi) is 6.08. The van der Waals surface area contributed by atoms with E-state index in [0.29, 0.717) is 5.56 Å². The molecule has 0 spiro atoms. The molecular weight excluding hydrogens is 282 g/mol. The summed E-state index contributed by atoms with van der Waals surface area (Å²) in [4.78, 5) is 34.3. The minimum Gasteiger partial charge on any atom is -0.480 e. The Morgan fingerprint density at radius 3 is 2.75 bits per heavy atom. The SMILES string of the molecule is C=CCOCC(NC(=O)c1cc(C(C)=O)cs1)C(=O)O. The number of rotatable bonds is 8. The van der Waals surface area contributed by atoms with E-state index < -0.39 is 17.9 Å². The van der Waals surface area contributed by atoms with Crippen molar-refractivity contribution in [3.05, 3.63) is 34.5 Å². The van der Waals surface area contributed by atoms with E-state index in [1.165, 1.54) is 19.1 Å². The molecule has 0 saturated carbocycles. The number of amides is 1. The largest absolute Gasteiger partial charge is 0.480 e. The number of carbonyl (C=O) groups excluding carboxylic acids is 2. The van der Waals surface area contributed by atoms with Gasteiger partial charge in [0.05, 0.1) is 18.1 Å². The number of aliphatic carboxylic acids is 1. The van der Waals surface area contributed by atoms with Gasteiger partial charge in [-0.05, 0) is 13.0 Å². The van der Waals surface area contributed by atoms with Gasteiger partial charge in [-0.2, -0.15) is 0 Å². The van der Waals surface area contributed by atoms with E-state index in [1.54, 1.807) is 5.38 Å². The third-order valence-corrected chi connectivity index (χ3v) is 3.28. The summed E-state index contributed by atoms with van der Waals surface area (Å²) < 4.78 is 5.02. The lowest BCUT2D eigenvalue weighted by atomic mass is 10.2. The maximum Gasteiger partial charge on any atom is 0.328 e. The number of ether oxygens (including phenoxy) is 1. The van der Waals surface area contributed by atoms with Gasteiger partial charge in [0.15, 0.2) is 11.8 Å². The summed E-state index contributed by atoms with van der Waals surface area (Å²) >= 11 is 1.09. The van der Waals surface area contributed by atoms with Crippen LogP contribution in [0.5, 0.6) is 0 Å². The second-order valence-electron chi connectivity index (χ2n) is 3.95. The first-order valence-corrected chi connectivity index (χ1v) is 6.65. The standard InChI is InChI=1S/C13H15NO5S/c1-3-4-19-6-10(13(17)18)14-12(16)11-5-9(7-20-11)8(2)15/h3,5,7,10H,1,4,6H2,2H3,(H,14,16)(H,17,18). The molecule has 1 aromatic heterocycles. The van der Waals surface area contributed by atoms with Gasteiger partial charge < -0.3 is 15.2 Å². The second-order valence-corrected chi connectivity index (χ2v) is 4.86. The smallest absolute Gasteiger partial charge is 0.328 e. The molecule has 0 fully saturated rings. The number of thiophene rings is 1. The summed E-state index contributed by atoms with van der Waals surface area (Å²) in [7, 11) is 0. The van der Waals surface area contributed by atoms with Crippen LogP contribution in [0.15, 0.2) is 24.1 Å². The molecule has 0 saturated heterocycles. The number of hydrogen-bond acceptors (Lipinski definition) is 5. The van der Waals surface area contributed by atoms with Crippen LogP contribution in [-0.4, -0.2) is 42.0 Å². The van der Waals surface area contributed by atoms with Gasteiger partial charge in [-0.3, -0.25) is 9.59 Å². The van der Waals surface area contributed by atoms with E-state index in [9.17, 15) is 14.4 Å². The second kappa shape index (κ2) is 7.56. The third-order valence-electron chi connectivity index (χ3n) is 2.35. The van der Waals surface area contributed by atoms with E-state index in [2.05, 4.69) is 11.9 Å². The number of carboxylic acids is 1. The van der Waals surface area contributed by atoms with Gasteiger partial charge in [-0.1, -0.05) is 6.08 Å². The molecule has 20 heavy (non-hydrogen) atoms. The Morgan fingerprint density at radius 1 is 1.55 bits per heavy atom. The average Bonchev–Trinajstić information content (AvgIpc) is 2.87. The van der Waals surface area contributed by atoms with Crippen molar-refractivity contribution in [1.29, 1.82) is 0 Å². The fraction of sp³-hybridized carbons (Fsp3) is 0.308. The molecular formula is C13H15NO5S. The monoisotopic (exact) mass is 297 g/mol. The van der Waals surface area contributed by atoms with Crippen molar-refractivity contribution in [1.82, 2.24) is 5.32 Å². The van der Waals surface area contributed by atoms with Gasteiger partial charge in [0.25, 0.3) is 5.91 Å². The van der Waals surface area contributed by atoms with Crippen LogP contribution in [-0.2, 0) is 9.53 Å². The Balaban J connectivity index is 2.66. The minimum absolute atomic E-state index is 0.149. The number of carbonyl (C=O) groups is 3. The Labute approximate surface area is 120 Å². The Hall–Kier alpha value is -1.99. The van der Waals surface area contributed by atoms with E-state index in [4.69, 9.17) is 9.84 Å². The molecule has 7 heteroatoms. The quantitative estimate of drug-likeness (QED) is 0.429. The zero-order chi connectivity index (χ0) is 15.1. The minimum atomic E-state index is -1.19. The van der Waals surface area contributed by atoms with Gasteiger partial charge in [0.2, 0.25) is 0 Å². The fourth-order valence-corrected chi connectivity index (χ4v) is 2.16. The molecule has 1 amide bonds. The van der Waals surface area contributed by atoms with Crippen molar-refractivity contribution in [2.75, 3.05) is 13.2 Å². The molecule has 0 aliphatic heterocycles. The zero-order valence-electron chi connectivity index (χ0n) is 10.9. The van der Waals surface area contributed by atoms with Gasteiger partial charge in [0, 0.05) is 10.9 Å². The lowest BCUT2D eigenvalue weighted by Gasteiger charge is -2.13. The summed E-state index contributed by atoms with van der Waals surface area (Å²) in [5.41, 5.74) is 0.426. The molecule has 108 valence electrons. The van der Waals surface area contributed by atoms with Gasteiger partial charge in [-0.25, -0.2) is 4.79 Å². The Bertz CT molecular complexity index is 523. The highest BCUT2D eigenvalue weighted by atomic mass is 32.1. The van der Waals surface area contributed by atoms with E-state index in [0.717, 1.165) is 11.3 Å². The highest BCUT2D eigenvalue weighted by molar-refractivity contribution is 7.12. The van der Waals surface area contributed by atoms with Crippen molar-refractivity contribution < 1.29 is 24.2 Å². The van der Waals surface area contributed by atoms with Crippen LogP contribution in [0.3, 0.4) is 0 Å². The van der Waals surface area contributed by atoms with Crippen LogP contribution in [0.25, 0.3) is 0 Å². The molecule has 6 nitrogen and oxygen atoms in total. The summed E-state index contributed by atoms with van der Waals surface area (Å²) in [6.45, 7) is 4.88. The average molecular weight is 297 g/mol. The highest BCUT2D eigenvalue weighted by Gasteiger charge is 2.22. The zero-order valence-corrected chi connectivity index (χ0v) is 11.7. The Morgan fingerprint density at radius 2 is 2.25 bits per heavy atom. The van der Waals surface area contributed by atoms with Crippen LogP contribution in [0.4, 0.5) is 0 Å². The lowest BCUT2D eigenvalue weighted by molar-refractivity contribution is -0.140. The topological polar surface area (TPSA) is 92.7 Å². The summed E-state index contributed by atoms with van der Waals surface area (Å²) in [5, 5.41) is 12.9. The number of carboxylic acid groups (broad SMARTS) is 1. The number of Topliss-reactive ketones (excluding diaryl/α,β-unsaturated/α-hetero) is 1. The molecule has 0 aromatic carbocycles. The van der Waals surface area contributed by atoms with Gasteiger partial charge in [-0.15, -0.1) is 17.9 Å². The predicted molar refractivity (Wildman–Crippen MR) is 74.2 cm³/mol. The van der Waals surface area contributed by atoms with E-state index >= 15 is 0 Å². The molecule has 0 radical (unpaired) electrons. The molecule has 1 heterocycles. The summed E-state index contributed by atoms with van der Waals surface area (Å²) in [6, 6.07) is 0.289. The maximum atomic E-state index is 11.9. The highest BCUT2D eigenvalue weighted by Crippen LogP contribution is 2.15. The van der Waals surface area contributed by atoms with Crippen LogP contribution in [0.1, 0.15) is 27.0 Å². The molecule has 0 aliphatic carbocycles. The van der Waals surface area contributed by atoms with Crippen molar-refractivity contribution in [2.45, 2.75) is 13.0 Å². The molecule has 1 aromatic rings. The predicted octanol–water partition coefficient (Wildman–Crippen LogP) is 1.34.